The fraction of sp³-hybridized carbons (Fsp3) is 0.471. The van der Waals surface area contributed by atoms with Crippen molar-refractivity contribution in [2.75, 3.05) is 6.54 Å². The summed E-state index contributed by atoms with van der Waals surface area (Å²) in [6.45, 7) is 4.12. The zero-order chi connectivity index (χ0) is 16.9. The number of aliphatic hydroxyl groups is 1. The summed E-state index contributed by atoms with van der Waals surface area (Å²) in [7, 11) is 0. The van der Waals surface area contributed by atoms with Crippen molar-refractivity contribution in [3.63, 3.8) is 0 Å². The van der Waals surface area contributed by atoms with Gasteiger partial charge in [-0.2, -0.15) is 0 Å². The Morgan fingerprint density at radius 2 is 1.91 bits per heavy atom. The van der Waals surface area contributed by atoms with Crippen LogP contribution in [0.25, 0.3) is 10.9 Å². The topological polar surface area (TPSA) is 95.1 Å². The first kappa shape index (κ1) is 17.1. The van der Waals surface area contributed by atoms with Crippen LogP contribution in [0.2, 0.25) is 0 Å². The second-order valence-corrected chi connectivity index (χ2v) is 5.84. The molecular weight excluding hydrogens is 294 g/mol. The van der Waals surface area contributed by atoms with Crippen LogP contribution in [0.3, 0.4) is 0 Å². The van der Waals surface area contributed by atoms with E-state index in [1.807, 2.05) is 13.8 Å². The maximum Gasteiger partial charge on any atom is 0.287 e. The summed E-state index contributed by atoms with van der Waals surface area (Å²) in [6.07, 6.45) is 2.89. The maximum absolute atomic E-state index is 12.2. The van der Waals surface area contributed by atoms with Crippen molar-refractivity contribution in [2.45, 2.75) is 45.1 Å². The molecule has 1 heterocycles. The van der Waals surface area contributed by atoms with Crippen LogP contribution in [0.5, 0.6) is 0 Å². The Balaban J connectivity index is 2.16. The highest BCUT2D eigenvalue weighted by atomic mass is 16.3. The number of rotatable bonds is 7. The second-order valence-electron chi connectivity index (χ2n) is 5.84. The average Bonchev–Trinajstić information content (AvgIpc) is 2.53. The summed E-state index contributed by atoms with van der Waals surface area (Å²) in [4.78, 5) is 30.9. The van der Waals surface area contributed by atoms with E-state index >= 15 is 0 Å². The third-order valence-electron chi connectivity index (χ3n) is 3.84. The number of hydrogen-bond acceptors (Lipinski definition) is 4. The van der Waals surface area contributed by atoms with E-state index in [2.05, 4.69) is 15.3 Å². The van der Waals surface area contributed by atoms with Crippen LogP contribution in [-0.2, 0) is 0 Å². The van der Waals surface area contributed by atoms with Gasteiger partial charge in [-0.25, -0.2) is 4.98 Å². The number of carbonyl (C=O) groups excluding carboxylic acids is 1. The summed E-state index contributed by atoms with van der Waals surface area (Å²) >= 11 is 0. The van der Waals surface area contributed by atoms with Crippen molar-refractivity contribution < 1.29 is 9.90 Å². The van der Waals surface area contributed by atoms with Crippen molar-refractivity contribution in [1.29, 1.82) is 0 Å². The minimum absolute atomic E-state index is 0.0379. The van der Waals surface area contributed by atoms with Gasteiger partial charge in [0.1, 0.15) is 0 Å². The molecule has 0 fully saturated rings. The second kappa shape index (κ2) is 7.37. The van der Waals surface area contributed by atoms with E-state index in [0.29, 0.717) is 23.7 Å². The molecule has 0 aliphatic rings. The molecule has 2 rings (SSSR count). The molecule has 6 nitrogen and oxygen atoms in total. The Hall–Kier alpha value is -2.21. The maximum atomic E-state index is 12.2. The fourth-order valence-electron chi connectivity index (χ4n) is 2.75. The lowest BCUT2D eigenvalue weighted by Gasteiger charge is -2.27. The SMILES string of the molecule is CCCC(O)(CCC)CNC(=O)c1nc2ccccc2c(=O)[nH]1. The van der Waals surface area contributed by atoms with Crippen molar-refractivity contribution in [3.05, 3.63) is 40.4 Å². The summed E-state index contributed by atoms with van der Waals surface area (Å²) < 4.78 is 0. The Kier molecular flexibility index (Phi) is 5.50. The molecular formula is C17H23N3O3. The van der Waals surface area contributed by atoms with Gasteiger partial charge in [0.05, 0.1) is 16.5 Å². The first-order valence-corrected chi connectivity index (χ1v) is 7.98. The summed E-state index contributed by atoms with van der Waals surface area (Å²) in [5.41, 5.74) is -0.798. The van der Waals surface area contributed by atoms with Crippen LogP contribution < -0.4 is 10.9 Å². The fourth-order valence-corrected chi connectivity index (χ4v) is 2.75. The van der Waals surface area contributed by atoms with E-state index in [1.54, 1.807) is 24.3 Å². The predicted molar refractivity (Wildman–Crippen MR) is 89.5 cm³/mol. The van der Waals surface area contributed by atoms with Crippen molar-refractivity contribution in [3.8, 4) is 0 Å². The standard InChI is InChI=1S/C17H23N3O3/c1-3-9-17(23,10-4-2)11-18-16(22)14-19-13-8-6-5-7-12(13)15(21)20-14/h5-8,23H,3-4,9-11H2,1-2H3,(H,18,22)(H,19,20,21). The average molecular weight is 317 g/mol. The molecule has 3 N–H and O–H groups in total. The van der Waals surface area contributed by atoms with Crippen LogP contribution in [0, 0.1) is 0 Å². The van der Waals surface area contributed by atoms with Gasteiger partial charge in [0, 0.05) is 6.54 Å². The molecule has 6 heteroatoms. The van der Waals surface area contributed by atoms with E-state index < -0.39 is 11.5 Å². The van der Waals surface area contributed by atoms with Gasteiger partial charge in [-0.3, -0.25) is 9.59 Å². The monoisotopic (exact) mass is 317 g/mol. The molecule has 0 saturated carbocycles. The van der Waals surface area contributed by atoms with E-state index in [4.69, 9.17) is 0 Å². The molecule has 2 aromatic rings. The molecule has 0 unspecified atom stereocenters. The number of fused-ring (bicyclic) bond motifs is 1. The quantitative estimate of drug-likeness (QED) is 0.727. The van der Waals surface area contributed by atoms with Crippen molar-refractivity contribution in [2.24, 2.45) is 0 Å². The first-order chi connectivity index (χ1) is 11.0. The third kappa shape index (κ3) is 4.16. The third-order valence-corrected chi connectivity index (χ3v) is 3.84. The van der Waals surface area contributed by atoms with E-state index in [9.17, 15) is 14.7 Å². The smallest absolute Gasteiger partial charge is 0.287 e. The Morgan fingerprint density at radius 3 is 2.57 bits per heavy atom. The van der Waals surface area contributed by atoms with Crippen LogP contribution >= 0.6 is 0 Å². The number of carbonyl (C=O) groups is 1. The molecule has 0 saturated heterocycles. The van der Waals surface area contributed by atoms with Crippen LogP contribution in [0.1, 0.15) is 50.1 Å². The van der Waals surface area contributed by atoms with Gasteiger partial charge < -0.3 is 15.4 Å². The molecule has 1 aromatic carbocycles. The number of benzene rings is 1. The Morgan fingerprint density at radius 1 is 1.26 bits per heavy atom. The lowest BCUT2D eigenvalue weighted by atomic mass is 9.92. The number of aromatic nitrogens is 2. The molecule has 23 heavy (non-hydrogen) atoms. The zero-order valence-corrected chi connectivity index (χ0v) is 13.6. The number of hydrogen-bond donors (Lipinski definition) is 3. The predicted octanol–water partition coefficient (Wildman–Crippen LogP) is 1.98. The molecule has 0 spiro atoms. The number of para-hydroxylation sites is 1. The summed E-state index contributed by atoms with van der Waals surface area (Å²) in [6, 6.07) is 6.85. The Bertz CT molecular complexity index is 733. The normalized spacial score (nSPS) is 11.6. The lowest BCUT2D eigenvalue weighted by Crippen LogP contribution is -2.43. The van der Waals surface area contributed by atoms with E-state index in [-0.39, 0.29) is 17.9 Å². The van der Waals surface area contributed by atoms with Gasteiger partial charge >= 0.3 is 0 Å². The molecule has 0 bridgehead atoms. The molecule has 0 aliphatic heterocycles. The van der Waals surface area contributed by atoms with Crippen molar-refractivity contribution >= 4 is 16.8 Å². The molecule has 1 aromatic heterocycles. The molecule has 124 valence electrons. The van der Waals surface area contributed by atoms with Gasteiger partial charge in [-0.15, -0.1) is 0 Å². The van der Waals surface area contributed by atoms with Gasteiger partial charge in [-0.05, 0) is 25.0 Å². The number of aromatic amines is 1. The lowest BCUT2D eigenvalue weighted by molar-refractivity contribution is 0.0212. The van der Waals surface area contributed by atoms with Gasteiger partial charge in [0.25, 0.3) is 11.5 Å². The number of nitrogens with zero attached hydrogens (tertiary/aromatic N) is 1. The first-order valence-electron chi connectivity index (χ1n) is 7.98. The highest BCUT2D eigenvalue weighted by Crippen LogP contribution is 2.18. The number of H-pyrrole nitrogens is 1. The molecule has 0 aliphatic carbocycles. The summed E-state index contributed by atoms with van der Waals surface area (Å²) in [5.74, 6) is -0.525. The molecule has 0 atom stereocenters. The van der Waals surface area contributed by atoms with Crippen LogP contribution in [0.15, 0.2) is 29.1 Å². The van der Waals surface area contributed by atoms with Gasteiger partial charge in [0.2, 0.25) is 0 Å². The highest BCUT2D eigenvalue weighted by Gasteiger charge is 2.26. The van der Waals surface area contributed by atoms with E-state index in [1.165, 1.54) is 0 Å². The largest absolute Gasteiger partial charge is 0.388 e. The van der Waals surface area contributed by atoms with E-state index in [0.717, 1.165) is 12.8 Å². The molecule has 1 amide bonds. The minimum atomic E-state index is -0.920. The number of nitrogens with one attached hydrogen (secondary N) is 2. The zero-order valence-electron chi connectivity index (χ0n) is 13.6. The summed E-state index contributed by atoms with van der Waals surface area (Å²) in [5, 5.41) is 13.6. The van der Waals surface area contributed by atoms with Crippen LogP contribution in [-0.4, -0.2) is 33.1 Å². The Labute approximate surface area is 135 Å². The number of amides is 1. The van der Waals surface area contributed by atoms with Crippen LogP contribution in [0.4, 0.5) is 0 Å². The van der Waals surface area contributed by atoms with Gasteiger partial charge in [0.15, 0.2) is 5.82 Å². The van der Waals surface area contributed by atoms with Gasteiger partial charge in [-0.1, -0.05) is 38.8 Å². The van der Waals surface area contributed by atoms with Crippen molar-refractivity contribution in [1.82, 2.24) is 15.3 Å². The minimum Gasteiger partial charge on any atom is -0.388 e. The molecule has 0 radical (unpaired) electrons. The highest BCUT2D eigenvalue weighted by molar-refractivity contribution is 5.92.